The number of nitrogens with one attached hydrogen (secondary N) is 1. The molecule has 0 atom stereocenters. The van der Waals surface area contributed by atoms with Crippen LogP contribution in [0.15, 0.2) is 42.7 Å². The van der Waals surface area contributed by atoms with Crippen molar-refractivity contribution in [2.45, 2.75) is 6.92 Å². The molecule has 0 radical (unpaired) electrons. The third-order valence-corrected chi connectivity index (χ3v) is 3.12. The first-order chi connectivity index (χ1) is 9.63. The standard InChI is InChI=1S/C14H11ClN4O/c1-9-3-2-4-13-17-11(8-19(9)13)14(20)18-12-6-5-10(15)7-16-12/h2-8H,1H3,(H,16,18,20). The Bertz CT molecular complexity index is 779. The Hall–Kier alpha value is -2.40. The van der Waals surface area contributed by atoms with Gasteiger partial charge >= 0.3 is 0 Å². The molecule has 0 unspecified atom stereocenters. The van der Waals surface area contributed by atoms with E-state index >= 15 is 0 Å². The molecule has 0 aromatic carbocycles. The average molecular weight is 287 g/mol. The predicted octanol–water partition coefficient (Wildman–Crippen LogP) is 2.94. The Morgan fingerprint density at radius 1 is 1.30 bits per heavy atom. The van der Waals surface area contributed by atoms with Crippen molar-refractivity contribution in [1.29, 1.82) is 0 Å². The SMILES string of the molecule is Cc1cccc2nc(C(=O)Nc3ccc(Cl)cn3)cn12. The van der Waals surface area contributed by atoms with E-state index in [1.807, 2.05) is 29.5 Å². The number of carbonyl (C=O) groups excluding carboxylic acids is 1. The van der Waals surface area contributed by atoms with Crippen LogP contribution < -0.4 is 5.32 Å². The van der Waals surface area contributed by atoms with Gasteiger partial charge < -0.3 is 9.72 Å². The lowest BCUT2D eigenvalue weighted by Crippen LogP contribution is -2.13. The molecule has 5 nitrogen and oxygen atoms in total. The number of imidazole rings is 1. The maximum atomic E-state index is 12.1. The van der Waals surface area contributed by atoms with Crippen molar-refractivity contribution in [3.05, 3.63) is 59.1 Å². The lowest BCUT2D eigenvalue weighted by Gasteiger charge is -2.01. The summed E-state index contributed by atoms with van der Waals surface area (Å²) in [6.07, 6.45) is 3.18. The van der Waals surface area contributed by atoms with Crippen molar-refractivity contribution in [2.75, 3.05) is 5.32 Å². The van der Waals surface area contributed by atoms with Gasteiger partial charge in [0.1, 0.15) is 17.2 Å². The van der Waals surface area contributed by atoms with Crippen LogP contribution in [0.4, 0.5) is 5.82 Å². The average Bonchev–Trinajstić information content (AvgIpc) is 2.87. The van der Waals surface area contributed by atoms with E-state index in [4.69, 9.17) is 11.6 Å². The largest absolute Gasteiger partial charge is 0.305 e. The van der Waals surface area contributed by atoms with Crippen LogP contribution in [-0.4, -0.2) is 20.3 Å². The van der Waals surface area contributed by atoms with Gasteiger partial charge in [-0.1, -0.05) is 17.7 Å². The Morgan fingerprint density at radius 2 is 2.15 bits per heavy atom. The zero-order valence-electron chi connectivity index (χ0n) is 10.7. The number of nitrogens with zero attached hydrogens (tertiary/aromatic N) is 3. The number of rotatable bonds is 2. The van der Waals surface area contributed by atoms with E-state index in [0.29, 0.717) is 16.5 Å². The van der Waals surface area contributed by atoms with Crippen molar-refractivity contribution in [3.8, 4) is 0 Å². The molecule has 3 heterocycles. The minimum Gasteiger partial charge on any atom is -0.305 e. The lowest BCUT2D eigenvalue weighted by molar-refractivity contribution is 0.102. The van der Waals surface area contributed by atoms with E-state index in [1.165, 1.54) is 6.20 Å². The van der Waals surface area contributed by atoms with E-state index in [2.05, 4.69) is 15.3 Å². The summed E-state index contributed by atoms with van der Waals surface area (Å²) < 4.78 is 1.87. The number of fused-ring (bicyclic) bond motifs is 1. The quantitative estimate of drug-likeness (QED) is 0.788. The molecule has 1 N–H and O–H groups in total. The van der Waals surface area contributed by atoms with Crippen molar-refractivity contribution < 1.29 is 4.79 Å². The predicted molar refractivity (Wildman–Crippen MR) is 77.1 cm³/mol. The second kappa shape index (κ2) is 4.94. The van der Waals surface area contributed by atoms with Crippen molar-refractivity contribution >= 4 is 29.0 Å². The number of amides is 1. The molecule has 0 saturated carbocycles. The van der Waals surface area contributed by atoms with Crippen LogP contribution in [0.1, 0.15) is 16.2 Å². The number of halogens is 1. The maximum Gasteiger partial charge on any atom is 0.277 e. The number of pyridine rings is 2. The zero-order chi connectivity index (χ0) is 14.1. The van der Waals surface area contributed by atoms with Gasteiger partial charge in [-0.3, -0.25) is 4.79 Å². The van der Waals surface area contributed by atoms with Gasteiger partial charge in [-0.05, 0) is 31.2 Å². The molecule has 0 aliphatic heterocycles. The van der Waals surface area contributed by atoms with Gasteiger partial charge in [0.15, 0.2) is 0 Å². The van der Waals surface area contributed by atoms with Gasteiger partial charge in [-0.15, -0.1) is 0 Å². The fraction of sp³-hybridized carbons (Fsp3) is 0.0714. The molecule has 3 aromatic rings. The molecule has 1 amide bonds. The Kier molecular flexibility index (Phi) is 3.12. The Balaban J connectivity index is 1.89. The van der Waals surface area contributed by atoms with Crippen LogP contribution in [0, 0.1) is 6.92 Å². The van der Waals surface area contributed by atoms with E-state index in [-0.39, 0.29) is 5.91 Å². The summed E-state index contributed by atoms with van der Waals surface area (Å²) in [5.41, 5.74) is 2.09. The summed E-state index contributed by atoms with van der Waals surface area (Å²) >= 11 is 5.75. The summed E-state index contributed by atoms with van der Waals surface area (Å²) in [5.74, 6) is 0.135. The first kappa shape index (κ1) is 12.6. The van der Waals surface area contributed by atoms with Crippen LogP contribution in [-0.2, 0) is 0 Å². The van der Waals surface area contributed by atoms with Crippen molar-refractivity contribution in [3.63, 3.8) is 0 Å². The number of carbonyl (C=O) groups is 1. The number of aromatic nitrogens is 3. The molecule has 100 valence electrons. The first-order valence-corrected chi connectivity index (χ1v) is 6.39. The highest BCUT2D eigenvalue weighted by atomic mass is 35.5. The summed E-state index contributed by atoms with van der Waals surface area (Å²) in [6.45, 7) is 1.96. The second-order valence-corrected chi connectivity index (χ2v) is 4.77. The minimum absolute atomic E-state index is 0.303. The Labute approximate surface area is 120 Å². The molecule has 3 rings (SSSR count). The molecule has 0 bridgehead atoms. The molecular formula is C14H11ClN4O. The van der Waals surface area contributed by atoms with Gasteiger partial charge in [0, 0.05) is 18.1 Å². The van der Waals surface area contributed by atoms with E-state index in [0.717, 1.165) is 11.3 Å². The summed E-state index contributed by atoms with van der Waals surface area (Å²) in [6, 6.07) is 9.01. The normalized spacial score (nSPS) is 10.7. The number of aryl methyl sites for hydroxylation is 1. The summed E-state index contributed by atoms with van der Waals surface area (Å²) in [4.78, 5) is 20.4. The fourth-order valence-electron chi connectivity index (χ4n) is 1.89. The third kappa shape index (κ3) is 2.35. The van der Waals surface area contributed by atoms with Crippen LogP contribution in [0.2, 0.25) is 5.02 Å². The number of hydrogen-bond donors (Lipinski definition) is 1. The van der Waals surface area contributed by atoms with Gasteiger partial charge in [-0.25, -0.2) is 9.97 Å². The fourth-order valence-corrected chi connectivity index (χ4v) is 2.00. The summed E-state index contributed by atoms with van der Waals surface area (Å²) in [7, 11) is 0. The maximum absolute atomic E-state index is 12.1. The lowest BCUT2D eigenvalue weighted by atomic mass is 10.4. The van der Waals surface area contributed by atoms with Crippen LogP contribution >= 0.6 is 11.6 Å². The monoisotopic (exact) mass is 286 g/mol. The molecule has 0 aliphatic carbocycles. The minimum atomic E-state index is -0.303. The molecule has 6 heteroatoms. The molecule has 3 aromatic heterocycles. The number of anilines is 1. The van der Waals surface area contributed by atoms with E-state index < -0.39 is 0 Å². The molecule has 0 saturated heterocycles. The second-order valence-electron chi connectivity index (χ2n) is 4.34. The van der Waals surface area contributed by atoms with Gasteiger partial charge in [-0.2, -0.15) is 0 Å². The van der Waals surface area contributed by atoms with E-state index in [1.54, 1.807) is 18.3 Å². The van der Waals surface area contributed by atoms with Gasteiger partial charge in [0.2, 0.25) is 0 Å². The van der Waals surface area contributed by atoms with E-state index in [9.17, 15) is 4.79 Å². The van der Waals surface area contributed by atoms with Gasteiger partial charge in [0.25, 0.3) is 5.91 Å². The molecule has 0 aliphatic rings. The molecule has 0 fully saturated rings. The molecular weight excluding hydrogens is 276 g/mol. The topological polar surface area (TPSA) is 59.3 Å². The third-order valence-electron chi connectivity index (χ3n) is 2.90. The van der Waals surface area contributed by atoms with Crippen molar-refractivity contribution in [2.24, 2.45) is 0 Å². The summed E-state index contributed by atoms with van der Waals surface area (Å²) in [5, 5.41) is 3.20. The van der Waals surface area contributed by atoms with Crippen molar-refractivity contribution in [1.82, 2.24) is 14.4 Å². The zero-order valence-corrected chi connectivity index (χ0v) is 11.4. The van der Waals surface area contributed by atoms with Crippen LogP contribution in [0.5, 0.6) is 0 Å². The Morgan fingerprint density at radius 3 is 2.85 bits per heavy atom. The highest BCUT2D eigenvalue weighted by Gasteiger charge is 2.12. The highest BCUT2D eigenvalue weighted by molar-refractivity contribution is 6.30. The highest BCUT2D eigenvalue weighted by Crippen LogP contribution is 2.12. The first-order valence-electron chi connectivity index (χ1n) is 6.01. The number of hydrogen-bond acceptors (Lipinski definition) is 3. The molecule has 0 spiro atoms. The molecule has 20 heavy (non-hydrogen) atoms. The smallest absolute Gasteiger partial charge is 0.277 e. The van der Waals surface area contributed by atoms with Gasteiger partial charge in [0.05, 0.1) is 5.02 Å². The van der Waals surface area contributed by atoms with Crippen LogP contribution in [0.25, 0.3) is 5.65 Å². The van der Waals surface area contributed by atoms with Crippen LogP contribution in [0.3, 0.4) is 0 Å².